The Labute approximate surface area is 240 Å². The van der Waals surface area contributed by atoms with Crippen molar-refractivity contribution < 1.29 is 4.74 Å². The van der Waals surface area contributed by atoms with Gasteiger partial charge in [-0.2, -0.15) is 10.2 Å². The second-order valence-corrected chi connectivity index (χ2v) is 11.0. The number of hydrogen-bond donors (Lipinski definition) is 0. The van der Waals surface area contributed by atoms with Crippen molar-refractivity contribution >= 4 is 34.6 Å². The number of ether oxygens (including phenoxy) is 1. The van der Waals surface area contributed by atoms with Crippen LogP contribution >= 0.6 is 22.7 Å². The normalized spacial score (nSPS) is 11.9. The number of thiazole rings is 1. The fourth-order valence-corrected chi connectivity index (χ4v) is 5.91. The number of benzene rings is 3. The number of methoxy groups -OCH3 is 1. The number of aryl methyl sites for hydroxylation is 1. The lowest BCUT2D eigenvalue weighted by Gasteiger charge is -2.06. The third-order valence-corrected chi connectivity index (χ3v) is 8.39. The van der Waals surface area contributed by atoms with Crippen molar-refractivity contribution in [3.05, 3.63) is 123 Å². The molecule has 0 amide bonds. The van der Waals surface area contributed by atoms with Gasteiger partial charge >= 0.3 is 0 Å². The summed E-state index contributed by atoms with van der Waals surface area (Å²) in [5.74, 6) is 0.809. The molecule has 198 valence electrons. The summed E-state index contributed by atoms with van der Waals surface area (Å²) in [4.78, 5) is 6.91. The highest BCUT2D eigenvalue weighted by Gasteiger charge is 2.14. The summed E-state index contributed by atoms with van der Waals surface area (Å²) in [6, 6.07) is 28.4. The second-order valence-electron chi connectivity index (χ2n) is 9.21. The largest absolute Gasteiger partial charge is 0.497 e. The lowest BCUT2D eigenvalue weighted by Crippen LogP contribution is -2.11. The molecule has 0 aliphatic rings. The van der Waals surface area contributed by atoms with Crippen LogP contribution in [0.25, 0.3) is 27.5 Å². The summed E-state index contributed by atoms with van der Waals surface area (Å²) in [6.45, 7) is 4.21. The Bertz CT molecular complexity index is 1840. The van der Waals surface area contributed by atoms with E-state index in [4.69, 9.17) is 19.9 Å². The maximum Gasteiger partial charge on any atom is 0.211 e. The molecule has 0 radical (unpaired) electrons. The van der Waals surface area contributed by atoms with E-state index in [1.54, 1.807) is 29.8 Å². The average Bonchev–Trinajstić information content (AvgIpc) is 3.75. The van der Waals surface area contributed by atoms with Crippen molar-refractivity contribution in [1.29, 1.82) is 0 Å². The Morgan fingerprint density at radius 2 is 1.70 bits per heavy atom. The second kappa shape index (κ2) is 11.3. The number of aromatic nitrogens is 3. The molecule has 0 unspecified atom stereocenters. The van der Waals surface area contributed by atoms with Crippen LogP contribution in [0.4, 0.5) is 5.69 Å². The van der Waals surface area contributed by atoms with E-state index < -0.39 is 0 Å². The van der Waals surface area contributed by atoms with Crippen molar-refractivity contribution in [3.63, 3.8) is 0 Å². The van der Waals surface area contributed by atoms with Crippen molar-refractivity contribution in [3.8, 4) is 33.3 Å². The van der Waals surface area contributed by atoms with E-state index in [9.17, 15) is 0 Å². The first-order chi connectivity index (χ1) is 19.6. The van der Waals surface area contributed by atoms with Gasteiger partial charge in [0, 0.05) is 22.7 Å². The summed E-state index contributed by atoms with van der Waals surface area (Å²) in [5, 5.41) is 14.1. The van der Waals surface area contributed by atoms with Gasteiger partial charge in [0.1, 0.15) is 11.4 Å². The van der Waals surface area contributed by atoms with Gasteiger partial charge in [0.05, 0.1) is 35.3 Å². The Hall–Kier alpha value is -4.53. The predicted octanol–water partition coefficient (Wildman–Crippen LogP) is 7.87. The van der Waals surface area contributed by atoms with Crippen LogP contribution in [-0.2, 0) is 0 Å². The Kier molecular flexibility index (Phi) is 7.27. The van der Waals surface area contributed by atoms with Crippen LogP contribution in [0, 0.1) is 13.8 Å². The van der Waals surface area contributed by atoms with E-state index in [1.165, 1.54) is 5.56 Å². The van der Waals surface area contributed by atoms with Crippen LogP contribution in [-0.4, -0.2) is 27.8 Å². The standard InChI is InChI=1S/C32H27N5OS2/c1-22-9-7-12-28(23(22)2)34-32-37(29(21-40-32)24-14-16-27(38-3)17-15-24)33-19-25-20-36(26-10-5-4-6-11-26)35-31(25)30-13-8-18-39-30/h4-21H,1-3H3. The molecule has 3 aromatic heterocycles. The lowest BCUT2D eigenvalue weighted by atomic mass is 10.1. The van der Waals surface area contributed by atoms with E-state index in [-0.39, 0.29) is 0 Å². The van der Waals surface area contributed by atoms with Crippen molar-refractivity contribution in [2.75, 3.05) is 7.11 Å². The number of nitrogens with zero attached hydrogens (tertiary/aromatic N) is 5. The number of rotatable bonds is 7. The highest BCUT2D eigenvalue weighted by Crippen LogP contribution is 2.28. The molecule has 6 aromatic rings. The van der Waals surface area contributed by atoms with Gasteiger partial charge < -0.3 is 4.74 Å². The van der Waals surface area contributed by atoms with Crippen LogP contribution in [0.5, 0.6) is 5.75 Å². The van der Waals surface area contributed by atoms with Gasteiger partial charge in [-0.25, -0.2) is 14.4 Å². The van der Waals surface area contributed by atoms with Gasteiger partial charge in [0.25, 0.3) is 0 Å². The third kappa shape index (κ3) is 5.19. The third-order valence-electron chi connectivity index (χ3n) is 6.69. The van der Waals surface area contributed by atoms with Gasteiger partial charge in [-0.3, -0.25) is 0 Å². The van der Waals surface area contributed by atoms with Gasteiger partial charge in [-0.15, -0.1) is 22.7 Å². The maximum atomic E-state index is 5.38. The first-order valence-corrected chi connectivity index (χ1v) is 14.6. The smallest absolute Gasteiger partial charge is 0.211 e. The van der Waals surface area contributed by atoms with Crippen molar-refractivity contribution in [2.45, 2.75) is 13.8 Å². The quantitative estimate of drug-likeness (QED) is 0.186. The molecule has 0 aliphatic carbocycles. The Balaban J connectivity index is 1.50. The number of hydrogen-bond acceptors (Lipinski definition) is 6. The summed E-state index contributed by atoms with van der Waals surface area (Å²) in [6.07, 6.45) is 3.90. The molecule has 0 atom stereocenters. The molecule has 8 heteroatoms. The molecule has 0 N–H and O–H groups in total. The molecule has 0 fully saturated rings. The van der Waals surface area contributed by atoms with Crippen LogP contribution in [0.2, 0.25) is 0 Å². The van der Waals surface area contributed by atoms with Crippen molar-refractivity contribution in [2.24, 2.45) is 10.1 Å². The van der Waals surface area contributed by atoms with Crippen LogP contribution in [0.15, 0.2) is 112 Å². The Morgan fingerprint density at radius 3 is 2.45 bits per heavy atom. The molecule has 6 rings (SSSR count). The molecular formula is C32H27N5OS2. The Morgan fingerprint density at radius 1 is 0.875 bits per heavy atom. The molecule has 0 bridgehead atoms. The van der Waals surface area contributed by atoms with E-state index in [1.807, 2.05) is 94.6 Å². The number of thiophene rings is 1. The molecule has 0 spiro atoms. The minimum Gasteiger partial charge on any atom is -0.497 e. The van der Waals surface area contributed by atoms with Crippen LogP contribution in [0.3, 0.4) is 0 Å². The average molecular weight is 562 g/mol. The topological polar surface area (TPSA) is 56.7 Å². The van der Waals surface area contributed by atoms with Gasteiger partial charge in [-0.05, 0) is 78.9 Å². The zero-order valence-electron chi connectivity index (χ0n) is 22.4. The monoisotopic (exact) mass is 561 g/mol. The van der Waals surface area contributed by atoms with Gasteiger partial charge in [0.15, 0.2) is 0 Å². The van der Waals surface area contributed by atoms with Crippen molar-refractivity contribution in [1.82, 2.24) is 14.5 Å². The molecule has 0 saturated carbocycles. The molecular weight excluding hydrogens is 535 g/mol. The highest BCUT2D eigenvalue weighted by molar-refractivity contribution is 7.13. The predicted molar refractivity (Wildman–Crippen MR) is 165 cm³/mol. The lowest BCUT2D eigenvalue weighted by molar-refractivity contribution is 0.415. The first kappa shape index (κ1) is 25.7. The number of para-hydroxylation sites is 1. The van der Waals surface area contributed by atoms with E-state index in [0.29, 0.717) is 0 Å². The zero-order chi connectivity index (χ0) is 27.5. The molecule has 3 heterocycles. The molecule has 0 saturated heterocycles. The van der Waals surface area contributed by atoms with Gasteiger partial charge in [-0.1, -0.05) is 36.4 Å². The summed E-state index contributed by atoms with van der Waals surface area (Å²) in [7, 11) is 1.67. The summed E-state index contributed by atoms with van der Waals surface area (Å²) < 4.78 is 9.19. The fourth-order valence-electron chi connectivity index (χ4n) is 4.33. The zero-order valence-corrected chi connectivity index (χ0v) is 24.0. The van der Waals surface area contributed by atoms with E-state index in [2.05, 4.69) is 36.7 Å². The van der Waals surface area contributed by atoms with E-state index in [0.717, 1.165) is 54.9 Å². The summed E-state index contributed by atoms with van der Waals surface area (Å²) >= 11 is 3.22. The maximum absolute atomic E-state index is 5.38. The van der Waals surface area contributed by atoms with Crippen LogP contribution in [0.1, 0.15) is 16.7 Å². The molecule has 6 nitrogen and oxygen atoms in total. The molecule has 3 aromatic carbocycles. The SMILES string of the molecule is COc1ccc(-c2csc(=Nc3cccc(C)c3C)n2N=Cc2cn(-c3ccccc3)nc2-c2cccs2)cc1. The fraction of sp³-hybridized carbons (Fsp3) is 0.0938. The molecule has 0 aliphatic heterocycles. The molecule has 40 heavy (non-hydrogen) atoms. The highest BCUT2D eigenvalue weighted by atomic mass is 32.1. The van der Waals surface area contributed by atoms with E-state index >= 15 is 0 Å². The van der Waals surface area contributed by atoms with Gasteiger partial charge in [0.2, 0.25) is 4.80 Å². The van der Waals surface area contributed by atoms with Crippen LogP contribution < -0.4 is 9.54 Å². The minimum atomic E-state index is 0.781. The minimum absolute atomic E-state index is 0.781. The first-order valence-electron chi connectivity index (χ1n) is 12.8. The summed E-state index contributed by atoms with van der Waals surface area (Å²) in [5.41, 5.74) is 8.06.